The van der Waals surface area contributed by atoms with Crippen molar-refractivity contribution >= 4 is 15.9 Å². The van der Waals surface area contributed by atoms with E-state index in [1.807, 2.05) is 11.6 Å². The van der Waals surface area contributed by atoms with Gasteiger partial charge in [-0.05, 0) is 42.6 Å². The van der Waals surface area contributed by atoms with Crippen LogP contribution in [-0.2, 0) is 22.6 Å². The molecule has 5 heteroatoms. The molecule has 0 radical (unpaired) electrons. The monoisotopic (exact) mass is 302 g/mol. The predicted molar refractivity (Wildman–Crippen MR) is 69.0 cm³/mol. The minimum Gasteiger partial charge on any atom is -0.381 e. The van der Waals surface area contributed by atoms with Crippen LogP contribution in [0.3, 0.4) is 0 Å². The van der Waals surface area contributed by atoms with Gasteiger partial charge in [0.1, 0.15) is 0 Å². The maximum atomic E-state index is 5.93. The van der Waals surface area contributed by atoms with Crippen molar-refractivity contribution in [2.24, 2.45) is 0 Å². The summed E-state index contributed by atoms with van der Waals surface area (Å²) in [6.07, 6.45) is 2.32. The lowest BCUT2D eigenvalue weighted by atomic mass is 10.1. The Labute approximate surface area is 110 Å². The quantitative estimate of drug-likeness (QED) is 0.858. The van der Waals surface area contributed by atoms with E-state index < -0.39 is 0 Å². The van der Waals surface area contributed by atoms with E-state index in [0.717, 1.165) is 48.5 Å². The summed E-state index contributed by atoms with van der Waals surface area (Å²) in [5.74, 6) is 0. The smallest absolute Gasteiger partial charge is 0.0900 e. The molecule has 2 rings (SSSR count). The Morgan fingerprint density at radius 1 is 1.47 bits per heavy atom. The fourth-order valence-corrected chi connectivity index (χ4v) is 2.44. The summed E-state index contributed by atoms with van der Waals surface area (Å²) in [5, 5.41) is 4.46. The second-order valence-corrected chi connectivity index (χ2v) is 5.08. The molecule has 0 unspecified atom stereocenters. The molecular formula is C12H19BrN2O2. The molecule has 1 aromatic heterocycles. The van der Waals surface area contributed by atoms with Gasteiger partial charge >= 0.3 is 0 Å². The van der Waals surface area contributed by atoms with Crippen LogP contribution in [0, 0.1) is 6.92 Å². The number of halogens is 1. The van der Waals surface area contributed by atoms with Crippen molar-refractivity contribution in [2.45, 2.75) is 45.9 Å². The number of ether oxygens (including phenoxy) is 2. The van der Waals surface area contributed by atoms with Gasteiger partial charge in [0.2, 0.25) is 0 Å². The van der Waals surface area contributed by atoms with E-state index in [1.165, 1.54) is 0 Å². The lowest BCUT2D eigenvalue weighted by Crippen LogP contribution is -2.23. The third-order valence-electron chi connectivity index (χ3n) is 3.08. The molecule has 1 aliphatic rings. The lowest BCUT2D eigenvalue weighted by molar-refractivity contribution is -0.0409. The Balaban J connectivity index is 1.97. The molecule has 1 aromatic rings. The molecule has 4 nitrogen and oxygen atoms in total. The minimum absolute atomic E-state index is 0.330. The molecule has 0 spiro atoms. The van der Waals surface area contributed by atoms with Gasteiger partial charge in [0.05, 0.1) is 28.6 Å². The number of aromatic nitrogens is 2. The van der Waals surface area contributed by atoms with Crippen LogP contribution >= 0.6 is 15.9 Å². The Morgan fingerprint density at radius 2 is 2.18 bits per heavy atom. The van der Waals surface area contributed by atoms with E-state index in [1.54, 1.807) is 0 Å². The zero-order valence-corrected chi connectivity index (χ0v) is 12.0. The molecule has 0 aromatic carbocycles. The van der Waals surface area contributed by atoms with Crippen molar-refractivity contribution in [3.05, 3.63) is 15.9 Å². The average molecular weight is 303 g/mol. The zero-order chi connectivity index (χ0) is 12.3. The van der Waals surface area contributed by atoms with Gasteiger partial charge in [-0.3, -0.25) is 4.68 Å². The molecule has 1 aliphatic heterocycles. The minimum atomic E-state index is 0.330. The molecule has 17 heavy (non-hydrogen) atoms. The van der Waals surface area contributed by atoms with Crippen molar-refractivity contribution in [2.75, 3.05) is 13.2 Å². The van der Waals surface area contributed by atoms with Crippen molar-refractivity contribution in [3.63, 3.8) is 0 Å². The fraction of sp³-hybridized carbons (Fsp3) is 0.750. The van der Waals surface area contributed by atoms with Crippen LogP contribution in [0.1, 0.15) is 31.2 Å². The normalized spacial score (nSPS) is 17.6. The molecule has 0 bridgehead atoms. The Kier molecular flexibility index (Phi) is 4.59. The van der Waals surface area contributed by atoms with Gasteiger partial charge in [-0.25, -0.2) is 0 Å². The average Bonchev–Trinajstić information content (AvgIpc) is 2.64. The molecule has 0 saturated carbocycles. The van der Waals surface area contributed by atoms with Crippen molar-refractivity contribution in [1.82, 2.24) is 9.78 Å². The maximum Gasteiger partial charge on any atom is 0.0900 e. The van der Waals surface area contributed by atoms with Gasteiger partial charge in [0.15, 0.2) is 0 Å². The van der Waals surface area contributed by atoms with Crippen LogP contribution in [0.25, 0.3) is 0 Å². The molecule has 0 aliphatic carbocycles. The fourth-order valence-electron chi connectivity index (χ4n) is 2.05. The standard InChI is InChI=1S/C12H19BrN2O2/c1-3-15-11(12(13)9(2)14-15)8-17-10-4-6-16-7-5-10/h10H,3-8H2,1-2H3. The van der Waals surface area contributed by atoms with E-state index in [4.69, 9.17) is 9.47 Å². The van der Waals surface area contributed by atoms with Gasteiger partial charge in [0.25, 0.3) is 0 Å². The summed E-state index contributed by atoms with van der Waals surface area (Å²) in [6, 6.07) is 0. The van der Waals surface area contributed by atoms with E-state index in [2.05, 4.69) is 28.0 Å². The summed E-state index contributed by atoms with van der Waals surface area (Å²) in [5.41, 5.74) is 2.16. The molecule has 96 valence electrons. The van der Waals surface area contributed by atoms with Crippen LogP contribution in [0.15, 0.2) is 4.47 Å². The second-order valence-electron chi connectivity index (χ2n) is 4.28. The van der Waals surface area contributed by atoms with Crippen LogP contribution in [0.5, 0.6) is 0 Å². The number of hydrogen-bond donors (Lipinski definition) is 0. The maximum absolute atomic E-state index is 5.93. The molecule has 0 amide bonds. The summed E-state index contributed by atoms with van der Waals surface area (Å²) < 4.78 is 14.3. The molecule has 1 fully saturated rings. The number of aryl methyl sites for hydroxylation is 2. The number of nitrogens with zero attached hydrogens (tertiary/aromatic N) is 2. The first kappa shape index (κ1) is 13.1. The second kappa shape index (κ2) is 5.98. The van der Waals surface area contributed by atoms with E-state index in [-0.39, 0.29) is 0 Å². The summed E-state index contributed by atoms with van der Waals surface area (Å²) in [6.45, 7) is 7.24. The van der Waals surface area contributed by atoms with E-state index in [0.29, 0.717) is 12.7 Å². The highest BCUT2D eigenvalue weighted by atomic mass is 79.9. The van der Waals surface area contributed by atoms with Gasteiger partial charge in [-0.2, -0.15) is 5.10 Å². The summed E-state index contributed by atoms with van der Waals surface area (Å²) in [7, 11) is 0. The largest absolute Gasteiger partial charge is 0.381 e. The summed E-state index contributed by atoms with van der Waals surface area (Å²) in [4.78, 5) is 0. The van der Waals surface area contributed by atoms with E-state index in [9.17, 15) is 0 Å². The molecule has 0 atom stereocenters. The Morgan fingerprint density at radius 3 is 2.82 bits per heavy atom. The summed E-state index contributed by atoms with van der Waals surface area (Å²) >= 11 is 3.58. The topological polar surface area (TPSA) is 36.3 Å². The van der Waals surface area contributed by atoms with Crippen molar-refractivity contribution < 1.29 is 9.47 Å². The van der Waals surface area contributed by atoms with Crippen LogP contribution in [-0.4, -0.2) is 29.1 Å². The predicted octanol–water partition coefficient (Wildman–Crippen LogP) is 2.67. The molecule has 0 N–H and O–H groups in total. The van der Waals surface area contributed by atoms with Crippen LogP contribution in [0.2, 0.25) is 0 Å². The highest BCUT2D eigenvalue weighted by molar-refractivity contribution is 9.10. The number of rotatable bonds is 4. The third kappa shape index (κ3) is 3.09. The molecular weight excluding hydrogens is 284 g/mol. The Bertz CT molecular complexity index is 373. The first-order chi connectivity index (χ1) is 8.22. The van der Waals surface area contributed by atoms with Crippen molar-refractivity contribution in [3.8, 4) is 0 Å². The van der Waals surface area contributed by atoms with Gasteiger partial charge in [0, 0.05) is 19.8 Å². The van der Waals surface area contributed by atoms with Crippen LogP contribution < -0.4 is 0 Å². The highest BCUT2D eigenvalue weighted by Gasteiger charge is 2.17. The molecule has 1 saturated heterocycles. The van der Waals surface area contributed by atoms with Crippen LogP contribution in [0.4, 0.5) is 0 Å². The van der Waals surface area contributed by atoms with Gasteiger partial charge in [-0.1, -0.05) is 0 Å². The van der Waals surface area contributed by atoms with Gasteiger partial charge < -0.3 is 9.47 Å². The first-order valence-electron chi connectivity index (χ1n) is 6.13. The number of hydrogen-bond acceptors (Lipinski definition) is 3. The SMILES string of the molecule is CCn1nc(C)c(Br)c1COC1CCOCC1. The third-order valence-corrected chi connectivity index (χ3v) is 4.11. The van der Waals surface area contributed by atoms with Crippen molar-refractivity contribution in [1.29, 1.82) is 0 Å². The lowest BCUT2D eigenvalue weighted by Gasteiger charge is -2.22. The molecule has 2 heterocycles. The zero-order valence-electron chi connectivity index (χ0n) is 10.4. The first-order valence-corrected chi connectivity index (χ1v) is 6.92. The Hall–Kier alpha value is -0.390. The van der Waals surface area contributed by atoms with Gasteiger partial charge in [-0.15, -0.1) is 0 Å². The van der Waals surface area contributed by atoms with E-state index >= 15 is 0 Å². The highest BCUT2D eigenvalue weighted by Crippen LogP contribution is 2.23.